The quantitative estimate of drug-likeness (QED) is 0.694. The van der Waals surface area contributed by atoms with Gasteiger partial charge in [-0.25, -0.2) is 4.39 Å². The summed E-state index contributed by atoms with van der Waals surface area (Å²) in [5.41, 5.74) is 1.02. The van der Waals surface area contributed by atoms with Crippen molar-refractivity contribution >= 4 is 22.8 Å². The summed E-state index contributed by atoms with van der Waals surface area (Å²) in [7, 11) is 0. The highest BCUT2D eigenvalue weighted by atomic mass is 19.1. The number of nitriles is 1. The summed E-state index contributed by atoms with van der Waals surface area (Å²) < 4.78 is 15.4. The Balaban J connectivity index is 1.90. The Labute approximate surface area is 167 Å². The maximum atomic E-state index is 13.8. The van der Waals surface area contributed by atoms with E-state index in [9.17, 15) is 19.1 Å². The topological polar surface area (TPSA) is 110 Å². The first-order chi connectivity index (χ1) is 13.9. The van der Waals surface area contributed by atoms with Crippen LogP contribution in [0.2, 0.25) is 0 Å². The van der Waals surface area contributed by atoms with E-state index < -0.39 is 23.8 Å². The molecule has 0 saturated carbocycles. The van der Waals surface area contributed by atoms with E-state index in [0.717, 1.165) is 0 Å². The number of halogens is 1. The van der Waals surface area contributed by atoms with Gasteiger partial charge in [0.1, 0.15) is 11.9 Å². The molecule has 0 aliphatic carbocycles. The third-order valence-corrected chi connectivity index (χ3v) is 5.28. The van der Waals surface area contributed by atoms with Gasteiger partial charge in [0, 0.05) is 62.8 Å². The fourth-order valence-corrected chi connectivity index (χ4v) is 3.85. The zero-order valence-electron chi connectivity index (χ0n) is 15.9. The monoisotopic (exact) mass is 402 g/mol. The van der Waals surface area contributed by atoms with Crippen molar-refractivity contribution in [3.63, 3.8) is 0 Å². The van der Waals surface area contributed by atoms with Crippen LogP contribution in [-0.4, -0.2) is 69.2 Å². The van der Waals surface area contributed by atoms with Crippen LogP contribution >= 0.6 is 0 Å². The lowest BCUT2D eigenvalue weighted by Gasteiger charge is -2.37. The maximum absolute atomic E-state index is 13.8. The minimum absolute atomic E-state index is 0.129. The minimum atomic E-state index is -1.00. The predicted molar refractivity (Wildman–Crippen MR) is 103 cm³/mol. The SMILES string of the molecule is N#CCCN1CCN(C(C(=O)O)c2cn(CCC(=O)O)c3cc(F)ccc23)CC1. The van der Waals surface area contributed by atoms with Gasteiger partial charge in [-0.15, -0.1) is 0 Å². The number of carboxylic acids is 2. The highest BCUT2D eigenvalue weighted by molar-refractivity contribution is 5.90. The van der Waals surface area contributed by atoms with Gasteiger partial charge in [-0.05, 0) is 18.2 Å². The first-order valence-corrected chi connectivity index (χ1v) is 9.47. The fourth-order valence-electron chi connectivity index (χ4n) is 3.85. The normalized spacial score (nSPS) is 16.6. The third kappa shape index (κ3) is 4.72. The van der Waals surface area contributed by atoms with Crippen LogP contribution in [0.3, 0.4) is 0 Å². The summed E-state index contributed by atoms with van der Waals surface area (Å²) in [6.45, 7) is 3.19. The van der Waals surface area contributed by atoms with Crippen LogP contribution in [0.5, 0.6) is 0 Å². The number of aryl methyl sites for hydroxylation is 1. The number of aliphatic carboxylic acids is 2. The fraction of sp³-hybridized carbons (Fsp3) is 0.450. The second-order valence-corrected chi connectivity index (χ2v) is 7.11. The lowest BCUT2D eigenvalue weighted by Crippen LogP contribution is -2.49. The summed E-state index contributed by atoms with van der Waals surface area (Å²) in [6, 6.07) is 5.35. The average molecular weight is 402 g/mol. The molecule has 8 nitrogen and oxygen atoms in total. The van der Waals surface area contributed by atoms with E-state index in [-0.39, 0.29) is 13.0 Å². The van der Waals surface area contributed by atoms with E-state index in [0.29, 0.717) is 55.6 Å². The van der Waals surface area contributed by atoms with Gasteiger partial charge in [0.25, 0.3) is 0 Å². The number of aromatic nitrogens is 1. The van der Waals surface area contributed by atoms with Crippen molar-refractivity contribution < 1.29 is 24.2 Å². The van der Waals surface area contributed by atoms with Gasteiger partial charge in [-0.3, -0.25) is 19.4 Å². The molecule has 2 aromatic rings. The molecular formula is C20H23FN4O4. The molecule has 1 aromatic carbocycles. The van der Waals surface area contributed by atoms with Gasteiger partial charge in [0.05, 0.1) is 18.0 Å². The summed E-state index contributed by atoms with van der Waals surface area (Å²) in [4.78, 5) is 27.1. The zero-order chi connectivity index (χ0) is 21.0. The van der Waals surface area contributed by atoms with Gasteiger partial charge in [-0.1, -0.05) is 0 Å². The molecule has 0 spiro atoms. The number of nitrogens with zero attached hydrogens (tertiary/aromatic N) is 4. The van der Waals surface area contributed by atoms with Crippen LogP contribution in [0, 0.1) is 17.1 Å². The molecule has 2 N–H and O–H groups in total. The summed E-state index contributed by atoms with van der Waals surface area (Å²) >= 11 is 0. The van der Waals surface area contributed by atoms with E-state index in [4.69, 9.17) is 10.4 Å². The average Bonchev–Trinajstić information content (AvgIpc) is 3.03. The van der Waals surface area contributed by atoms with Crippen LogP contribution in [0.15, 0.2) is 24.4 Å². The maximum Gasteiger partial charge on any atom is 0.325 e. The number of carboxylic acid groups (broad SMARTS) is 2. The standard InChI is InChI=1S/C20H23FN4O4/c21-14-2-3-15-16(13-25(17(15)12-14)7-4-18(26)27)19(20(28)29)24-10-8-23(9-11-24)6-1-5-22/h2-3,12-13,19H,1,4,6-11H2,(H,26,27)(H,28,29). The molecule has 1 aromatic heterocycles. The van der Waals surface area contributed by atoms with Gasteiger partial charge >= 0.3 is 11.9 Å². The van der Waals surface area contributed by atoms with Crippen molar-refractivity contribution in [1.29, 1.82) is 5.26 Å². The number of hydrogen-bond acceptors (Lipinski definition) is 5. The Bertz CT molecular complexity index is 944. The Morgan fingerprint density at radius 2 is 1.90 bits per heavy atom. The van der Waals surface area contributed by atoms with E-state index >= 15 is 0 Å². The van der Waals surface area contributed by atoms with E-state index in [1.165, 1.54) is 12.1 Å². The van der Waals surface area contributed by atoms with Gasteiger partial charge < -0.3 is 14.8 Å². The molecule has 1 atom stereocenters. The van der Waals surface area contributed by atoms with Crippen LogP contribution in [0.25, 0.3) is 10.9 Å². The van der Waals surface area contributed by atoms with Crippen molar-refractivity contribution in [2.45, 2.75) is 25.4 Å². The van der Waals surface area contributed by atoms with Crippen LogP contribution in [0.1, 0.15) is 24.4 Å². The van der Waals surface area contributed by atoms with Crippen molar-refractivity contribution in [1.82, 2.24) is 14.4 Å². The molecule has 0 radical (unpaired) electrons. The van der Waals surface area contributed by atoms with Crippen LogP contribution in [0.4, 0.5) is 4.39 Å². The molecule has 29 heavy (non-hydrogen) atoms. The van der Waals surface area contributed by atoms with Crippen molar-refractivity contribution in [2.24, 2.45) is 0 Å². The number of fused-ring (bicyclic) bond motifs is 1. The second kappa shape index (κ2) is 9.03. The van der Waals surface area contributed by atoms with Gasteiger partial charge in [0.2, 0.25) is 0 Å². The summed E-state index contributed by atoms with van der Waals surface area (Å²) in [5, 5.41) is 28.3. The molecule has 1 fully saturated rings. The van der Waals surface area contributed by atoms with E-state index in [1.54, 1.807) is 16.8 Å². The van der Waals surface area contributed by atoms with Crippen molar-refractivity contribution in [2.75, 3.05) is 32.7 Å². The molecule has 1 aliphatic heterocycles. The molecular weight excluding hydrogens is 379 g/mol. The van der Waals surface area contributed by atoms with E-state index in [2.05, 4.69) is 11.0 Å². The molecule has 0 amide bonds. The minimum Gasteiger partial charge on any atom is -0.481 e. The van der Waals surface area contributed by atoms with Crippen LogP contribution in [-0.2, 0) is 16.1 Å². The number of hydrogen-bond donors (Lipinski definition) is 2. The first kappa shape index (κ1) is 20.8. The van der Waals surface area contributed by atoms with Gasteiger partial charge in [-0.2, -0.15) is 5.26 Å². The molecule has 9 heteroatoms. The Morgan fingerprint density at radius 3 is 2.52 bits per heavy atom. The lowest BCUT2D eigenvalue weighted by atomic mass is 10.0. The van der Waals surface area contributed by atoms with Gasteiger partial charge in [0.15, 0.2) is 0 Å². The second-order valence-electron chi connectivity index (χ2n) is 7.11. The lowest BCUT2D eigenvalue weighted by molar-refractivity contribution is -0.144. The number of rotatable bonds is 8. The first-order valence-electron chi connectivity index (χ1n) is 9.47. The predicted octanol–water partition coefficient (Wildman–Crippen LogP) is 1.91. The van der Waals surface area contributed by atoms with Crippen LogP contribution < -0.4 is 0 Å². The largest absolute Gasteiger partial charge is 0.481 e. The molecule has 1 aliphatic rings. The molecule has 1 unspecified atom stereocenters. The zero-order valence-corrected chi connectivity index (χ0v) is 15.9. The smallest absolute Gasteiger partial charge is 0.325 e. The Kier molecular flexibility index (Phi) is 6.46. The Hall–Kier alpha value is -2.96. The third-order valence-electron chi connectivity index (χ3n) is 5.28. The number of carbonyl (C=O) groups is 2. The Morgan fingerprint density at radius 1 is 1.17 bits per heavy atom. The molecule has 154 valence electrons. The number of benzene rings is 1. The summed E-state index contributed by atoms with van der Waals surface area (Å²) in [5.74, 6) is -2.44. The highest BCUT2D eigenvalue weighted by Crippen LogP contribution is 2.32. The molecule has 0 bridgehead atoms. The number of piperazine rings is 1. The highest BCUT2D eigenvalue weighted by Gasteiger charge is 2.32. The van der Waals surface area contributed by atoms with Crippen molar-refractivity contribution in [3.8, 4) is 6.07 Å². The van der Waals surface area contributed by atoms with Crippen molar-refractivity contribution in [3.05, 3.63) is 35.8 Å². The molecule has 3 rings (SSSR count). The summed E-state index contributed by atoms with van der Waals surface area (Å²) in [6.07, 6.45) is 1.92. The molecule has 1 saturated heterocycles. The molecule has 2 heterocycles. The van der Waals surface area contributed by atoms with E-state index in [1.807, 2.05) is 4.90 Å².